The van der Waals surface area contributed by atoms with Crippen molar-refractivity contribution in [2.45, 2.75) is 71.8 Å². The fourth-order valence-electron chi connectivity index (χ4n) is 1.13. The molecule has 96 valence electrons. The second kappa shape index (κ2) is 5.15. The molecule has 2 unspecified atom stereocenters. The van der Waals surface area contributed by atoms with Gasteiger partial charge in [0.1, 0.15) is 11.6 Å². The third kappa shape index (κ3) is 5.47. The monoisotopic (exact) mass is 231 g/mol. The summed E-state index contributed by atoms with van der Waals surface area (Å²) in [6.07, 6.45) is -0.544. The van der Waals surface area contributed by atoms with E-state index in [9.17, 15) is 9.90 Å². The lowest BCUT2D eigenvalue weighted by Crippen LogP contribution is -2.55. The molecule has 0 radical (unpaired) electrons. The number of hydrogen-bond acceptors (Lipinski definition) is 4. The molecule has 0 heterocycles. The van der Waals surface area contributed by atoms with Gasteiger partial charge >= 0.3 is 5.97 Å². The average molecular weight is 231 g/mol. The van der Waals surface area contributed by atoms with E-state index in [0.717, 1.165) is 0 Å². The van der Waals surface area contributed by atoms with Crippen LogP contribution in [0.25, 0.3) is 0 Å². The lowest BCUT2D eigenvalue weighted by molar-refractivity contribution is -0.157. The molecule has 0 aliphatic heterocycles. The van der Waals surface area contributed by atoms with E-state index in [1.807, 2.05) is 34.6 Å². The van der Waals surface area contributed by atoms with Gasteiger partial charge in [-0.3, -0.25) is 10.1 Å². The van der Waals surface area contributed by atoms with Crippen molar-refractivity contribution in [1.29, 1.82) is 0 Å². The predicted octanol–water partition coefficient (Wildman–Crippen LogP) is 1.47. The molecule has 0 aromatic heterocycles. The maximum atomic E-state index is 11.7. The summed E-state index contributed by atoms with van der Waals surface area (Å²) in [5, 5.41) is 12.6. The molecular weight excluding hydrogens is 206 g/mol. The SMILES string of the molecule is CC(NC(C)(C)C(C)O)C(=O)OC(C)(C)C. The smallest absolute Gasteiger partial charge is 0.323 e. The van der Waals surface area contributed by atoms with Gasteiger partial charge in [0.2, 0.25) is 0 Å². The first-order valence-electron chi connectivity index (χ1n) is 5.64. The van der Waals surface area contributed by atoms with Crippen LogP contribution in [0.1, 0.15) is 48.5 Å². The number of rotatable bonds is 4. The number of carbonyl (C=O) groups excluding carboxylic acids is 1. The van der Waals surface area contributed by atoms with Gasteiger partial charge < -0.3 is 9.84 Å². The molecule has 0 bridgehead atoms. The van der Waals surface area contributed by atoms with Crippen LogP contribution in [0.15, 0.2) is 0 Å². The average Bonchev–Trinajstić information content (AvgIpc) is 1.99. The Labute approximate surface area is 98.4 Å². The number of aliphatic hydroxyl groups is 1. The van der Waals surface area contributed by atoms with Gasteiger partial charge in [-0.05, 0) is 48.5 Å². The molecule has 0 aliphatic rings. The number of carbonyl (C=O) groups is 1. The van der Waals surface area contributed by atoms with Crippen LogP contribution >= 0.6 is 0 Å². The fourth-order valence-corrected chi connectivity index (χ4v) is 1.13. The third-order valence-electron chi connectivity index (χ3n) is 2.39. The molecule has 0 aliphatic carbocycles. The Bertz CT molecular complexity index is 241. The highest BCUT2D eigenvalue weighted by Crippen LogP contribution is 2.12. The van der Waals surface area contributed by atoms with Crippen molar-refractivity contribution < 1.29 is 14.6 Å². The van der Waals surface area contributed by atoms with Crippen LogP contribution in [-0.2, 0) is 9.53 Å². The summed E-state index contributed by atoms with van der Waals surface area (Å²) in [6, 6.07) is -0.441. The maximum absolute atomic E-state index is 11.7. The van der Waals surface area contributed by atoms with Crippen LogP contribution in [0, 0.1) is 0 Å². The Hall–Kier alpha value is -0.610. The minimum Gasteiger partial charge on any atom is -0.459 e. The minimum atomic E-state index is -0.544. The Morgan fingerprint density at radius 3 is 1.94 bits per heavy atom. The fraction of sp³-hybridized carbons (Fsp3) is 0.917. The number of aliphatic hydroxyl groups excluding tert-OH is 1. The summed E-state index contributed by atoms with van der Waals surface area (Å²) in [5.74, 6) is -0.304. The first-order valence-corrected chi connectivity index (χ1v) is 5.64. The van der Waals surface area contributed by atoms with E-state index >= 15 is 0 Å². The van der Waals surface area contributed by atoms with Crippen LogP contribution in [0.2, 0.25) is 0 Å². The highest BCUT2D eigenvalue weighted by molar-refractivity contribution is 5.75. The van der Waals surface area contributed by atoms with Crippen LogP contribution in [0.3, 0.4) is 0 Å². The first kappa shape index (κ1) is 15.4. The first-order chi connectivity index (χ1) is 6.96. The summed E-state index contributed by atoms with van der Waals surface area (Å²) >= 11 is 0. The predicted molar refractivity (Wildman–Crippen MR) is 64.2 cm³/mol. The van der Waals surface area contributed by atoms with Crippen LogP contribution in [-0.4, -0.2) is 34.4 Å². The summed E-state index contributed by atoms with van der Waals surface area (Å²) in [5.41, 5.74) is -1.00. The van der Waals surface area contributed by atoms with Gasteiger partial charge in [-0.15, -0.1) is 0 Å². The van der Waals surface area contributed by atoms with E-state index in [2.05, 4.69) is 5.32 Å². The number of ether oxygens (including phenoxy) is 1. The topological polar surface area (TPSA) is 58.6 Å². The number of hydrogen-bond donors (Lipinski definition) is 2. The molecule has 2 N–H and O–H groups in total. The molecule has 0 rings (SSSR count). The van der Waals surface area contributed by atoms with E-state index in [0.29, 0.717) is 0 Å². The molecule has 0 fully saturated rings. The third-order valence-corrected chi connectivity index (χ3v) is 2.39. The van der Waals surface area contributed by atoms with E-state index in [1.165, 1.54) is 0 Å². The Morgan fingerprint density at radius 1 is 1.19 bits per heavy atom. The van der Waals surface area contributed by atoms with Crippen LogP contribution in [0.5, 0.6) is 0 Å². The van der Waals surface area contributed by atoms with Crippen molar-refractivity contribution in [3.63, 3.8) is 0 Å². The van der Waals surface area contributed by atoms with Crippen molar-refractivity contribution in [2.75, 3.05) is 0 Å². The highest BCUT2D eigenvalue weighted by Gasteiger charge is 2.30. The minimum absolute atomic E-state index is 0.304. The zero-order chi connectivity index (χ0) is 13.1. The second-order valence-corrected chi connectivity index (χ2v) is 5.80. The van der Waals surface area contributed by atoms with Crippen LogP contribution < -0.4 is 5.32 Å². The molecule has 4 heteroatoms. The van der Waals surface area contributed by atoms with Crippen molar-refractivity contribution >= 4 is 5.97 Å². The normalized spacial score (nSPS) is 16.8. The van der Waals surface area contributed by atoms with Crippen molar-refractivity contribution in [2.24, 2.45) is 0 Å². The largest absolute Gasteiger partial charge is 0.459 e. The molecule has 2 atom stereocenters. The molecular formula is C12H25NO3. The van der Waals surface area contributed by atoms with E-state index < -0.39 is 23.3 Å². The number of esters is 1. The van der Waals surface area contributed by atoms with E-state index in [-0.39, 0.29) is 5.97 Å². The zero-order valence-corrected chi connectivity index (χ0v) is 11.4. The Kier molecular flexibility index (Phi) is 4.95. The van der Waals surface area contributed by atoms with Crippen LogP contribution in [0.4, 0.5) is 0 Å². The summed E-state index contributed by atoms with van der Waals surface area (Å²) in [7, 11) is 0. The highest BCUT2D eigenvalue weighted by atomic mass is 16.6. The lowest BCUT2D eigenvalue weighted by atomic mass is 9.97. The molecule has 0 aromatic carbocycles. The lowest BCUT2D eigenvalue weighted by Gasteiger charge is -2.33. The molecule has 4 nitrogen and oxygen atoms in total. The molecule has 0 saturated carbocycles. The van der Waals surface area contributed by atoms with Gasteiger partial charge in [0, 0.05) is 5.54 Å². The Balaban J connectivity index is 4.37. The number of nitrogens with one attached hydrogen (secondary N) is 1. The Morgan fingerprint density at radius 2 is 1.62 bits per heavy atom. The quantitative estimate of drug-likeness (QED) is 0.719. The second-order valence-electron chi connectivity index (χ2n) is 5.80. The van der Waals surface area contributed by atoms with Gasteiger partial charge in [0.25, 0.3) is 0 Å². The van der Waals surface area contributed by atoms with Crippen molar-refractivity contribution in [1.82, 2.24) is 5.32 Å². The zero-order valence-electron chi connectivity index (χ0n) is 11.4. The van der Waals surface area contributed by atoms with Gasteiger partial charge in [-0.25, -0.2) is 0 Å². The van der Waals surface area contributed by atoms with E-state index in [4.69, 9.17) is 4.74 Å². The maximum Gasteiger partial charge on any atom is 0.323 e. The standard InChI is InChI=1S/C12H25NO3/c1-8(10(15)16-11(3,4)5)13-12(6,7)9(2)14/h8-9,13-14H,1-7H3. The molecule has 16 heavy (non-hydrogen) atoms. The molecule has 0 spiro atoms. The van der Waals surface area contributed by atoms with Crippen molar-refractivity contribution in [3.05, 3.63) is 0 Å². The van der Waals surface area contributed by atoms with Gasteiger partial charge in [-0.2, -0.15) is 0 Å². The summed E-state index contributed by atoms with van der Waals surface area (Å²) in [6.45, 7) is 12.6. The molecule has 0 amide bonds. The van der Waals surface area contributed by atoms with Gasteiger partial charge in [-0.1, -0.05) is 0 Å². The van der Waals surface area contributed by atoms with Crippen molar-refractivity contribution in [3.8, 4) is 0 Å². The summed E-state index contributed by atoms with van der Waals surface area (Å²) < 4.78 is 5.24. The molecule has 0 saturated heterocycles. The van der Waals surface area contributed by atoms with Gasteiger partial charge in [0.05, 0.1) is 6.10 Å². The van der Waals surface area contributed by atoms with Gasteiger partial charge in [0.15, 0.2) is 0 Å². The summed E-state index contributed by atoms with van der Waals surface area (Å²) in [4.78, 5) is 11.7. The molecule has 0 aromatic rings. The van der Waals surface area contributed by atoms with E-state index in [1.54, 1.807) is 13.8 Å².